The Balaban J connectivity index is 1.70. The van der Waals surface area contributed by atoms with Crippen molar-refractivity contribution in [3.8, 4) is 16.9 Å². The largest absolute Gasteiger partial charge is 0.497 e. The number of amides is 1. The maximum atomic E-state index is 12.5. The van der Waals surface area contributed by atoms with Gasteiger partial charge in [0.25, 0.3) is 5.91 Å². The molecular weight excluding hydrogens is 394 g/mol. The molecule has 0 spiro atoms. The normalized spacial score (nSPS) is 15.3. The zero-order valence-corrected chi connectivity index (χ0v) is 16.9. The Morgan fingerprint density at radius 2 is 1.75 bits per heavy atom. The van der Waals surface area contributed by atoms with E-state index in [0.29, 0.717) is 22.2 Å². The van der Waals surface area contributed by atoms with Gasteiger partial charge in [-0.05, 0) is 41.3 Å². The number of carboxylic acid groups (broad SMARTS) is 1. The highest BCUT2D eigenvalue weighted by Gasteiger charge is 2.31. The number of hydrogen-bond acceptors (Lipinski definition) is 5. The maximum absolute atomic E-state index is 12.5. The van der Waals surface area contributed by atoms with E-state index in [2.05, 4.69) is 0 Å². The summed E-state index contributed by atoms with van der Waals surface area (Å²) in [5.74, 6) is -0.233. The Kier molecular flexibility index (Phi) is 6.49. The Morgan fingerprint density at radius 1 is 1.14 bits per heavy atom. The van der Waals surface area contributed by atoms with Crippen LogP contribution in [0, 0.1) is 0 Å². The summed E-state index contributed by atoms with van der Waals surface area (Å²) in [6.07, 6.45) is 2.21. The van der Waals surface area contributed by atoms with Crippen LogP contribution in [0.25, 0.3) is 17.2 Å². The van der Waals surface area contributed by atoms with Gasteiger partial charge in [0.15, 0.2) is 0 Å². The highest BCUT2D eigenvalue weighted by Crippen LogP contribution is 2.33. The molecular formula is C21H19NO4S2. The van der Waals surface area contributed by atoms with E-state index in [1.54, 1.807) is 7.11 Å². The third-order valence-corrected chi connectivity index (χ3v) is 5.66. The average Bonchev–Trinajstić information content (AvgIpc) is 2.96. The van der Waals surface area contributed by atoms with E-state index < -0.39 is 5.97 Å². The van der Waals surface area contributed by atoms with Crippen LogP contribution < -0.4 is 4.74 Å². The molecule has 1 N–H and O–H groups in total. The van der Waals surface area contributed by atoms with Gasteiger partial charge in [-0.1, -0.05) is 60.4 Å². The Bertz CT molecular complexity index is 920. The number of carbonyl (C=O) groups is 2. The summed E-state index contributed by atoms with van der Waals surface area (Å²) in [4.78, 5) is 25.2. The molecule has 2 aromatic carbocycles. The number of rotatable bonds is 7. The van der Waals surface area contributed by atoms with Gasteiger partial charge in [-0.2, -0.15) is 0 Å². The second-order valence-corrected chi connectivity index (χ2v) is 7.86. The van der Waals surface area contributed by atoms with Gasteiger partial charge in [-0.15, -0.1) is 0 Å². The van der Waals surface area contributed by atoms with Gasteiger partial charge in [0.2, 0.25) is 0 Å². The Morgan fingerprint density at radius 3 is 2.32 bits per heavy atom. The first kappa shape index (κ1) is 20.1. The van der Waals surface area contributed by atoms with Crippen molar-refractivity contribution in [2.45, 2.75) is 12.8 Å². The molecule has 0 aliphatic carbocycles. The molecule has 5 nitrogen and oxygen atoms in total. The van der Waals surface area contributed by atoms with Crippen molar-refractivity contribution in [3.63, 3.8) is 0 Å². The van der Waals surface area contributed by atoms with Crippen LogP contribution in [-0.4, -0.2) is 39.9 Å². The number of methoxy groups -OCH3 is 1. The third kappa shape index (κ3) is 4.79. The molecule has 1 aliphatic heterocycles. The fourth-order valence-electron chi connectivity index (χ4n) is 2.79. The minimum absolute atomic E-state index is 0.0168. The number of carboxylic acids is 1. The number of thiocarbonyl (C=S) groups is 1. The van der Waals surface area contributed by atoms with Gasteiger partial charge in [0.1, 0.15) is 10.1 Å². The summed E-state index contributed by atoms with van der Waals surface area (Å²) < 4.78 is 5.65. The zero-order chi connectivity index (χ0) is 20.1. The summed E-state index contributed by atoms with van der Waals surface area (Å²) in [5, 5.41) is 8.74. The first-order valence-electron chi connectivity index (χ1n) is 8.69. The molecule has 1 amide bonds. The summed E-state index contributed by atoms with van der Waals surface area (Å²) in [5.41, 5.74) is 3.06. The van der Waals surface area contributed by atoms with Crippen LogP contribution in [0.4, 0.5) is 0 Å². The maximum Gasteiger partial charge on any atom is 0.303 e. The molecule has 0 saturated carbocycles. The van der Waals surface area contributed by atoms with E-state index in [-0.39, 0.29) is 12.3 Å². The topological polar surface area (TPSA) is 66.8 Å². The zero-order valence-electron chi connectivity index (χ0n) is 15.3. The molecule has 7 heteroatoms. The lowest BCUT2D eigenvalue weighted by Gasteiger charge is -2.13. The van der Waals surface area contributed by atoms with E-state index >= 15 is 0 Å². The highest BCUT2D eigenvalue weighted by molar-refractivity contribution is 8.26. The van der Waals surface area contributed by atoms with E-state index in [1.807, 2.05) is 54.6 Å². The predicted molar refractivity (Wildman–Crippen MR) is 115 cm³/mol. The van der Waals surface area contributed by atoms with Crippen molar-refractivity contribution in [3.05, 3.63) is 59.0 Å². The lowest BCUT2D eigenvalue weighted by atomic mass is 10.0. The molecule has 3 rings (SSSR count). The summed E-state index contributed by atoms with van der Waals surface area (Å²) in [6, 6.07) is 15.7. The molecule has 1 heterocycles. The van der Waals surface area contributed by atoms with Crippen molar-refractivity contribution in [1.29, 1.82) is 0 Å². The third-order valence-electron chi connectivity index (χ3n) is 4.28. The second-order valence-electron chi connectivity index (χ2n) is 6.18. The number of carbonyl (C=O) groups excluding carboxylic acids is 1. The quantitative estimate of drug-likeness (QED) is 0.535. The van der Waals surface area contributed by atoms with E-state index in [1.165, 1.54) is 16.7 Å². The van der Waals surface area contributed by atoms with E-state index in [9.17, 15) is 9.59 Å². The van der Waals surface area contributed by atoms with Crippen molar-refractivity contribution < 1.29 is 19.4 Å². The number of thioether (sulfide) groups is 1. The van der Waals surface area contributed by atoms with E-state index in [4.69, 9.17) is 22.1 Å². The summed E-state index contributed by atoms with van der Waals surface area (Å²) in [6.45, 7) is 0.324. The van der Waals surface area contributed by atoms with Gasteiger partial charge >= 0.3 is 5.97 Å². The molecule has 0 unspecified atom stereocenters. The monoisotopic (exact) mass is 413 g/mol. The average molecular weight is 414 g/mol. The van der Waals surface area contributed by atoms with Crippen molar-refractivity contribution in [2.24, 2.45) is 0 Å². The predicted octanol–water partition coefficient (Wildman–Crippen LogP) is 4.43. The minimum atomic E-state index is -0.877. The van der Waals surface area contributed by atoms with Crippen molar-refractivity contribution in [1.82, 2.24) is 4.90 Å². The molecule has 1 aliphatic rings. The Labute approximate surface area is 173 Å². The molecule has 2 aromatic rings. The Hall–Kier alpha value is -2.64. The van der Waals surface area contributed by atoms with Crippen LogP contribution in [0.3, 0.4) is 0 Å². The van der Waals surface area contributed by atoms with Crippen LogP contribution >= 0.6 is 24.0 Å². The van der Waals surface area contributed by atoms with Crippen LogP contribution in [0.2, 0.25) is 0 Å². The van der Waals surface area contributed by atoms with E-state index in [0.717, 1.165) is 22.4 Å². The lowest BCUT2D eigenvalue weighted by molar-refractivity contribution is -0.137. The van der Waals surface area contributed by atoms with Gasteiger partial charge < -0.3 is 9.84 Å². The molecule has 144 valence electrons. The first-order chi connectivity index (χ1) is 13.5. The fourth-order valence-corrected chi connectivity index (χ4v) is 4.10. The standard InChI is InChI=1S/C21H19NO4S2/c1-26-17-10-8-16(9-11-17)15-6-4-14(5-7-15)13-18-20(25)22(21(27)28-18)12-2-3-19(23)24/h4-11,13H,2-3,12H2,1H3,(H,23,24)/b18-13-. The fraction of sp³-hybridized carbons (Fsp3) is 0.190. The molecule has 0 atom stereocenters. The van der Waals surface area contributed by atoms with Crippen LogP contribution in [0.1, 0.15) is 18.4 Å². The molecule has 0 bridgehead atoms. The van der Waals surface area contributed by atoms with Gasteiger partial charge in [-0.25, -0.2) is 0 Å². The van der Waals surface area contributed by atoms with Crippen molar-refractivity contribution >= 4 is 46.3 Å². The van der Waals surface area contributed by atoms with Crippen LogP contribution in [0.15, 0.2) is 53.4 Å². The molecule has 0 radical (unpaired) electrons. The number of benzene rings is 2. The van der Waals surface area contributed by atoms with Crippen molar-refractivity contribution in [2.75, 3.05) is 13.7 Å². The second kappa shape index (κ2) is 9.03. The number of nitrogens with zero attached hydrogens (tertiary/aromatic N) is 1. The number of aliphatic carboxylic acids is 1. The summed E-state index contributed by atoms with van der Waals surface area (Å²) >= 11 is 6.51. The van der Waals surface area contributed by atoms with Gasteiger partial charge in [-0.3, -0.25) is 14.5 Å². The molecule has 0 aromatic heterocycles. The smallest absolute Gasteiger partial charge is 0.303 e. The van der Waals surface area contributed by atoms with Crippen LogP contribution in [0.5, 0.6) is 5.75 Å². The highest BCUT2D eigenvalue weighted by atomic mass is 32.2. The SMILES string of the molecule is COc1ccc(-c2ccc(/C=C3\SC(=S)N(CCCC(=O)O)C3=O)cc2)cc1. The summed E-state index contributed by atoms with van der Waals surface area (Å²) in [7, 11) is 1.64. The molecule has 28 heavy (non-hydrogen) atoms. The van der Waals surface area contributed by atoms with Crippen LogP contribution in [-0.2, 0) is 9.59 Å². The van der Waals surface area contributed by atoms with Gasteiger partial charge in [0.05, 0.1) is 12.0 Å². The molecule has 1 saturated heterocycles. The van der Waals surface area contributed by atoms with Gasteiger partial charge in [0, 0.05) is 13.0 Å². The lowest BCUT2D eigenvalue weighted by Crippen LogP contribution is -2.29. The number of ether oxygens (including phenoxy) is 1. The number of hydrogen-bond donors (Lipinski definition) is 1. The first-order valence-corrected chi connectivity index (χ1v) is 9.92. The minimum Gasteiger partial charge on any atom is -0.497 e. The molecule has 1 fully saturated rings.